The van der Waals surface area contributed by atoms with Crippen molar-refractivity contribution < 1.29 is 14.0 Å². The molecule has 2 amide bonds. The summed E-state index contributed by atoms with van der Waals surface area (Å²) < 4.78 is 13.5. The zero-order chi connectivity index (χ0) is 26.2. The van der Waals surface area contributed by atoms with Crippen LogP contribution in [0.1, 0.15) is 63.1 Å². The first-order valence-electron chi connectivity index (χ1n) is 11.7. The molecule has 2 heterocycles. The fraction of sp³-hybridized carbons (Fsp3) is 0.269. The third-order valence-corrected chi connectivity index (χ3v) is 6.57. The number of aromatic amines is 1. The number of rotatable bonds is 6. The number of nitrogens with one attached hydrogen (secondary N) is 3. The van der Waals surface area contributed by atoms with Gasteiger partial charge in [0.25, 0.3) is 11.8 Å². The van der Waals surface area contributed by atoms with Crippen molar-refractivity contribution in [3.05, 3.63) is 88.3 Å². The van der Waals surface area contributed by atoms with Gasteiger partial charge in [0, 0.05) is 18.2 Å². The van der Waals surface area contributed by atoms with E-state index in [2.05, 4.69) is 55.1 Å². The van der Waals surface area contributed by atoms with Gasteiger partial charge in [0.05, 0.1) is 6.04 Å². The van der Waals surface area contributed by atoms with E-state index in [9.17, 15) is 14.0 Å². The number of halogens is 1. The number of nitrogens with zero attached hydrogens (tertiary/aromatic N) is 5. The molecule has 1 aliphatic carbocycles. The molecule has 4 aromatic rings. The lowest BCUT2D eigenvalue weighted by molar-refractivity contribution is 0.0898. The highest BCUT2D eigenvalue weighted by molar-refractivity contribution is 5.97. The van der Waals surface area contributed by atoms with Crippen molar-refractivity contribution in [3.8, 4) is 11.4 Å². The molecule has 0 radical (unpaired) electrons. The Labute approximate surface area is 212 Å². The van der Waals surface area contributed by atoms with E-state index in [1.54, 1.807) is 19.1 Å². The SMILES string of the molecule is Cc1cc(CNC(=O)c2cc(C(=O)N[C@@H]3c4ccc(-c5nn[nH]n5)cc4CC3(C)C)ncn2)ccc1F. The van der Waals surface area contributed by atoms with Crippen LogP contribution in [0.25, 0.3) is 11.4 Å². The van der Waals surface area contributed by atoms with Crippen molar-refractivity contribution in [1.82, 2.24) is 41.2 Å². The van der Waals surface area contributed by atoms with Gasteiger partial charge in [0.1, 0.15) is 23.5 Å². The van der Waals surface area contributed by atoms with E-state index in [-0.39, 0.29) is 35.2 Å². The van der Waals surface area contributed by atoms with Gasteiger partial charge >= 0.3 is 0 Å². The van der Waals surface area contributed by atoms with Gasteiger partial charge in [-0.15, -0.1) is 10.2 Å². The lowest BCUT2D eigenvalue weighted by Crippen LogP contribution is -2.36. The highest BCUT2D eigenvalue weighted by Gasteiger charge is 2.40. The molecule has 2 aromatic heterocycles. The summed E-state index contributed by atoms with van der Waals surface area (Å²) in [6.07, 6.45) is 1.94. The second-order valence-electron chi connectivity index (χ2n) is 9.78. The van der Waals surface area contributed by atoms with E-state index >= 15 is 0 Å². The van der Waals surface area contributed by atoms with Crippen LogP contribution in [0, 0.1) is 18.2 Å². The van der Waals surface area contributed by atoms with Crippen molar-refractivity contribution in [2.24, 2.45) is 5.41 Å². The first-order valence-corrected chi connectivity index (χ1v) is 11.7. The molecule has 0 bridgehead atoms. The predicted octanol–water partition coefficient (Wildman–Crippen LogP) is 3.09. The first kappa shape index (κ1) is 24.2. The molecule has 2 aromatic carbocycles. The van der Waals surface area contributed by atoms with Crippen molar-refractivity contribution in [2.75, 3.05) is 0 Å². The quantitative estimate of drug-likeness (QED) is 0.370. The molecule has 1 aliphatic rings. The van der Waals surface area contributed by atoms with Gasteiger partial charge in [0.15, 0.2) is 0 Å². The molecule has 188 valence electrons. The Morgan fingerprint density at radius 2 is 1.86 bits per heavy atom. The Kier molecular flexibility index (Phi) is 6.20. The number of amides is 2. The van der Waals surface area contributed by atoms with Crippen molar-refractivity contribution in [2.45, 2.75) is 39.8 Å². The zero-order valence-corrected chi connectivity index (χ0v) is 20.5. The molecule has 0 aliphatic heterocycles. The van der Waals surface area contributed by atoms with E-state index in [1.807, 2.05) is 18.2 Å². The average Bonchev–Trinajstić information content (AvgIpc) is 3.50. The number of carbonyl (C=O) groups is 2. The smallest absolute Gasteiger partial charge is 0.270 e. The highest BCUT2D eigenvalue weighted by atomic mass is 19.1. The van der Waals surface area contributed by atoms with Gasteiger partial charge in [-0.1, -0.05) is 38.1 Å². The fourth-order valence-corrected chi connectivity index (χ4v) is 4.65. The maximum Gasteiger partial charge on any atom is 0.270 e. The summed E-state index contributed by atoms with van der Waals surface area (Å²) in [6, 6.07) is 11.6. The number of benzene rings is 2. The molecule has 0 saturated carbocycles. The third-order valence-electron chi connectivity index (χ3n) is 6.57. The van der Waals surface area contributed by atoms with Crippen LogP contribution in [-0.4, -0.2) is 42.4 Å². The van der Waals surface area contributed by atoms with Crippen LogP contribution in [0.5, 0.6) is 0 Å². The van der Waals surface area contributed by atoms with Crippen LogP contribution >= 0.6 is 0 Å². The second kappa shape index (κ2) is 9.49. The molecular formula is C26H25FN8O2. The molecule has 1 atom stereocenters. The summed E-state index contributed by atoms with van der Waals surface area (Å²) in [5.74, 6) is -0.658. The Morgan fingerprint density at radius 1 is 1.08 bits per heavy atom. The molecule has 5 rings (SSSR count). The number of H-pyrrole nitrogens is 1. The van der Waals surface area contributed by atoms with Gasteiger partial charge in [0.2, 0.25) is 5.82 Å². The monoisotopic (exact) mass is 500 g/mol. The zero-order valence-electron chi connectivity index (χ0n) is 20.5. The average molecular weight is 501 g/mol. The Bertz CT molecular complexity index is 1490. The number of fused-ring (bicyclic) bond motifs is 1. The van der Waals surface area contributed by atoms with Crippen LogP contribution in [0.3, 0.4) is 0 Å². The maximum atomic E-state index is 13.5. The summed E-state index contributed by atoms with van der Waals surface area (Å²) in [5.41, 5.74) is 4.09. The number of aryl methyl sites for hydroxylation is 1. The van der Waals surface area contributed by atoms with Crippen molar-refractivity contribution >= 4 is 11.8 Å². The Morgan fingerprint density at radius 3 is 2.59 bits per heavy atom. The summed E-state index contributed by atoms with van der Waals surface area (Å²) in [5, 5.41) is 20.0. The molecule has 0 unspecified atom stereocenters. The molecular weight excluding hydrogens is 475 g/mol. The fourth-order valence-electron chi connectivity index (χ4n) is 4.65. The molecule has 0 fully saturated rings. The topological polar surface area (TPSA) is 138 Å². The predicted molar refractivity (Wildman–Crippen MR) is 132 cm³/mol. The summed E-state index contributed by atoms with van der Waals surface area (Å²) in [6.45, 7) is 6.03. The molecule has 37 heavy (non-hydrogen) atoms. The van der Waals surface area contributed by atoms with Gasteiger partial charge in [-0.05, 0) is 58.4 Å². The number of tetrazole rings is 1. The van der Waals surface area contributed by atoms with Crippen molar-refractivity contribution in [1.29, 1.82) is 0 Å². The maximum absolute atomic E-state index is 13.5. The number of carbonyl (C=O) groups excluding carboxylic acids is 2. The van der Waals surface area contributed by atoms with Gasteiger partial charge in [-0.3, -0.25) is 9.59 Å². The van der Waals surface area contributed by atoms with Crippen molar-refractivity contribution in [3.63, 3.8) is 0 Å². The van der Waals surface area contributed by atoms with Gasteiger partial charge < -0.3 is 10.6 Å². The van der Waals surface area contributed by atoms with E-state index in [4.69, 9.17) is 0 Å². The molecule has 11 heteroatoms. The molecule has 0 spiro atoms. The summed E-state index contributed by atoms with van der Waals surface area (Å²) >= 11 is 0. The number of hydrogen-bond donors (Lipinski definition) is 3. The van der Waals surface area contributed by atoms with Crippen LogP contribution < -0.4 is 10.6 Å². The first-order chi connectivity index (χ1) is 17.7. The summed E-state index contributed by atoms with van der Waals surface area (Å²) in [7, 11) is 0. The minimum absolute atomic E-state index is 0.0646. The molecule has 0 saturated heterocycles. The molecule has 10 nitrogen and oxygen atoms in total. The van der Waals surface area contributed by atoms with Crippen LogP contribution in [0.4, 0.5) is 4.39 Å². The lowest BCUT2D eigenvalue weighted by Gasteiger charge is -2.28. The minimum Gasteiger partial charge on any atom is -0.347 e. The molecule has 3 N–H and O–H groups in total. The number of aromatic nitrogens is 6. The largest absolute Gasteiger partial charge is 0.347 e. The second-order valence-corrected chi connectivity index (χ2v) is 9.78. The van der Waals surface area contributed by atoms with E-state index in [1.165, 1.54) is 18.5 Å². The minimum atomic E-state index is -0.459. The Hall–Kier alpha value is -4.54. The normalized spacial score (nSPS) is 15.7. The van der Waals surface area contributed by atoms with Crippen LogP contribution in [-0.2, 0) is 13.0 Å². The van der Waals surface area contributed by atoms with E-state index in [0.717, 1.165) is 28.7 Å². The van der Waals surface area contributed by atoms with E-state index in [0.29, 0.717) is 11.4 Å². The van der Waals surface area contributed by atoms with Gasteiger partial charge in [-0.25, -0.2) is 14.4 Å². The van der Waals surface area contributed by atoms with Crippen LogP contribution in [0.2, 0.25) is 0 Å². The standard InChI is InChI=1S/C26H25FN8O2/c1-14-8-15(4-7-19(14)27)12-28-24(36)20-10-21(30-13-29-20)25(37)31-22-18-6-5-16(23-32-34-35-33-23)9-17(18)11-26(22,2)3/h4-10,13,22H,11-12H2,1-3H3,(H,28,36)(H,31,37)(H,32,33,34,35)/t22-/m1/s1. The third kappa shape index (κ3) is 4.92. The lowest BCUT2D eigenvalue weighted by atomic mass is 9.85. The summed E-state index contributed by atoms with van der Waals surface area (Å²) in [4.78, 5) is 33.9. The van der Waals surface area contributed by atoms with E-state index < -0.39 is 11.8 Å². The Balaban J connectivity index is 1.30. The highest BCUT2D eigenvalue weighted by Crippen LogP contribution is 2.46. The van der Waals surface area contributed by atoms with Gasteiger partial charge in [-0.2, -0.15) is 5.21 Å². The van der Waals surface area contributed by atoms with Crippen LogP contribution in [0.15, 0.2) is 48.8 Å². The number of hydrogen-bond acceptors (Lipinski definition) is 7.